The summed E-state index contributed by atoms with van der Waals surface area (Å²) in [4.78, 5) is 9.09. The maximum absolute atomic E-state index is 4.72. The molecule has 0 atom stereocenters. The third-order valence-electron chi connectivity index (χ3n) is 3.98. The highest BCUT2D eigenvalue weighted by atomic mass is 15.2. The second kappa shape index (κ2) is 9.37. The van der Waals surface area contributed by atoms with Gasteiger partial charge in [-0.1, -0.05) is 54.1 Å². The summed E-state index contributed by atoms with van der Waals surface area (Å²) in [5, 5.41) is 6.76. The Morgan fingerprint density at radius 3 is 2.42 bits per heavy atom. The summed E-state index contributed by atoms with van der Waals surface area (Å²) in [6, 6.07) is 24.5. The van der Waals surface area contributed by atoms with Gasteiger partial charge in [-0.05, 0) is 36.8 Å². The van der Waals surface area contributed by atoms with E-state index >= 15 is 0 Å². The lowest BCUT2D eigenvalue weighted by Gasteiger charge is -2.13. The monoisotopic (exact) mass is 344 g/mol. The van der Waals surface area contributed by atoms with Gasteiger partial charge in [-0.25, -0.2) is 4.99 Å². The summed E-state index contributed by atoms with van der Waals surface area (Å²) in [6.07, 6.45) is 2.67. The van der Waals surface area contributed by atoms with Crippen LogP contribution in [0.5, 0.6) is 0 Å². The van der Waals surface area contributed by atoms with Crippen molar-refractivity contribution in [3.63, 3.8) is 0 Å². The van der Waals surface area contributed by atoms with Crippen molar-refractivity contribution in [3.05, 3.63) is 95.8 Å². The largest absolute Gasteiger partial charge is 0.356 e. The summed E-state index contributed by atoms with van der Waals surface area (Å²) >= 11 is 0. The number of guanidine groups is 1. The molecule has 1 heterocycles. The van der Waals surface area contributed by atoms with E-state index in [-0.39, 0.29) is 0 Å². The molecular weight excluding hydrogens is 320 g/mol. The van der Waals surface area contributed by atoms with Gasteiger partial charge >= 0.3 is 0 Å². The van der Waals surface area contributed by atoms with Crippen LogP contribution in [0.1, 0.15) is 16.8 Å². The minimum Gasteiger partial charge on any atom is -0.356 e. The predicted octanol–water partition coefficient (Wildman–Crippen LogP) is 4.19. The Morgan fingerprint density at radius 2 is 1.69 bits per heavy atom. The number of para-hydroxylation sites is 1. The zero-order chi connectivity index (χ0) is 18.0. The van der Waals surface area contributed by atoms with Gasteiger partial charge in [0.15, 0.2) is 5.96 Å². The molecular formula is C22H24N4. The predicted molar refractivity (Wildman–Crippen MR) is 108 cm³/mol. The Hall–Kier alpha value is -3.14. The minimum absolute atomic E-state index is 0.631. The normalized spacial score (nSPS) is 11.2. The molecule has 4 nitrogen and oxygen atoms in total. The van der Waals surface area contributed by atoms with Crippen LogP contribution in [0.25, 0.3) is 0 Å². The smallest absolute Gasteiger partial charge is 0.196 e. The molecule has 3 rings (SSSR count). The molecule has 0 unspecified atom stereocenters. The number of hydrogen-bond acceptors (Lipinski definition) is 2. The first kappa shape index (κ1) is 17.7. The van der Waals surface area contributed by atoms with Crippen molar-refractivity contribution in [1.29, 1.82) is 0 Å². The van der Waals surface area contributed by atoms with Gasteiger partial charge < -0.3 is 10.6 Å². The number of nitrogens with one attached hydrogen (secondary N) is 2. The van der Waals surface area contributed by atoms with E-state index in [2.05, 4.69) is 46.8 Å². The lowest BCUT2D eigenvalue weighted by molar-refractivity contribution is 0.832. The molecule has 0 aliphatic carbocycles. The molecule has 0 saturated carbocycles. The van der Waals surface area contributed by atoms with Crippen molar-refractivity contribution in [2.24, 2.45) is 4.99 Å². The topological polar surface area (TPSA) is 49.3 Å². The lowest BCUT2D eigenvalue weighted by atomic mass is 10.1. The number of hydrogen-bond donors (Lipinski definition) is 2. The van der Waals surface area contributed by atoms with E-state index in [4.69, 9.17) is 4.99 Å². The van der Waals surface area contributed by atoms with Crippen LogP contribution in [0.15, 0.2) is 84.0 Å². The number of rotatable bonds is 6. The summed E-state index contributed by atoms with van der Waals surface area (Å²) in [7, 11) is 0. The van der Waals surface area contributed by atoms with Gasteiger partial charge in [-0.3, -0.25) is 4.98 Å². The zero-order valence-electron chi connectivity index (χ0n) is 15.0. The molecule has 0 spiro atoms. The highest BCUT2D eigenvalue weighted by molar-refractivity contribution is 5.93. The second-order valence-electron chi connectivity index (χ2n) is 6.14. The molecule has 0 saturated heterocycles. The quantitative estimate of drug-likeness (QED) is 0.521. The Labute approximate surface area is 155 Å². The van der Waals surface area contributed by atoms with Crippen LogP contribution in [0.3, 0.4) is 0 Å². The Kier molecular flexibility index (Phi) is 6.37. The van der Waals surface area contributed by atoms with Gasteiger partial charge in [0.1, 0.15) is 0 Å². The fraction of sp³-hybridized carbons (Fsp3) is 0.182. The highest BCUT2D eigenvalue weighted by Crippen LogP contribution is 2.07. The molecule has 0 amide bonds. The van der Waals surface area contributed by atoms with E-state index in [0.717, 1.165) is 30.3 Å². The van der Waals surface area contributed by atoms with Crippen LogP contribution < -0.4 is 10.6 Å². The van der Waals surface area contributed by atoms with E-state index in [1.807, 2.05) is 54.7 Å². The molecule has 0 aliphatic heterocycles. The fourth-order valence-electron chi connectivity index (χ4n) is 2.52. The molecule has 2 aromatic carbocycles. The summed E-state index contributed by atoms with van der Waals surface area (Å²) in [5.41, 5.74) is 4.53. The minimum atomic E-state index is 0.631. The number of aryl methyl sites for hydroxylation is 1. The number of aliphatic imine (C=N–C) groups is 1. The lowest BCUT2D eigenvalue weighted by Crippen LogP contribution is -2.32. The van der Waals surface area contributed by atoms with Crippen LogP contribution in [-0.2, 0) is 13.0 Å². The van der Waals surface area contributed by atoms with Crippen LogP contribution in [0.2, 0.25) is 0 Å². The average molecular weight is 344 g/mol. The summed E-state index contributed by atoms with van der Waals surface area (Å²) < 4.78 is 0. The van der Waals surface area contributed by atoms with Crippen LogP contribution in [0, 0.1) is 6.92 Å². The highest BCUT2D eigenvalue weighted by Gasteiger charge is 2.01. The van der Waals surface area contributed by atoms with Crippen molar-refractivity contribution < 1.29 is 0 Å². The molecule has 26 heavy (non-hydrogen) atoms. The van der Waals surface area contributed by atoms with Gasteiger partial charge in [0.25, 0.3) is 0 Å². The molecule has 0 aliphatic rings. The Morgan fingerprint density at radius 1 is 0.923 bits per heavy atom. The molecule has 1 aromatic heterocycles. The molecule has 2 N–H and O–H groups in total. The van der Waals surface area contributed by atoms with E-state index in [9.17, 15) is 0 Å². The third kappa shape index (κ3) is 5.74. The van der Waals surface area contributed by atoms with E-state index in [1.165, 1.54) is 11.1 Å². The zero-order valence-corrected chi connectivity index (χ0v) is 15.0. The first-order valence-corrected chi connectivity index (χ1v) is 8.85. The number of pyridine rings is 1. The van der Waals surface area contributed by atoms with Gasteiger partial charge in [0.2, 0.25) is 0 Å². The van der Waals surface area contributed by atoms with Gasteiger partial charge in [-0.2, -0.15) is 0 Å². The molecule has 132 valence electrons. The van der Waals surface area contributed by atoms with E-state index in [0.29, 0.717) is 6.54 Å². The first-order valence-electron chi connectivity index (χ1n) is 8.85. The maximum Gasteiger partial charge on any atom is 0.196 e. The van der Waals surface area contributed by atoms with Crippen LogP contribution in [0.4, 0.5) is 5.69 Å². The van der Waals surface area contributed by atoms with Gasteiger partial charge in [0.05, 0.1) is 6.54 Å². The standard InChI is InChI=1S/C22H24N4/c1-18-10-12-19(13-11-18)17-25-22(26-21-8-3-2-4-9-21)24-16-14-20-7-5-6-15-23-20/h2-13,15H,14,16-17H2,1H3,(H2,24,25,26). The maximum atomic E-state index is 4.72. The van der Waals surface area contributed by atoms with Crippen molar-refractivity contribution in [3.8, 4) is 0 Å². The van der Waals surface area contributed by atoms with Gasteiger partial charge in [-0.15, -0.1) is 0 Å². The number of nitrogens with zero attached hydrogens (tertiary/aromatic N) is 2. The average Bonchev–Trinajstić information content (AvgIpc) is 2.69. The SMILES string of the molecule is Cc1ccc(CN=C(NCCc2ccccn2)Nc2ccccc2)cc1. The van der Waals surface area contributed by atoms with Crippen molar-refractivity contribution in [2.75, 3.05) is 11.9 Å². The second-order valence-corrected chi connectivity index (χ2v) is 6.14. The summed E-state index contributed by atoms with van der Waals surface area (Å²) in [5.74, 6) is 0.771. The number of aromatic nitrogens is 1. The molecule has 0 bridgehead atoms. The molecule has 4 heteroatoms. The van der Waals surface area contributed by atoms with E-state index in [1.54, 1.807) is 0 Å². The number of benzene rings is 2. The van der Waals surface area contributed by atoms with Crippen LogP contribution in [-0.4, -0.2) is 17.5 Å². The fourth-order valence-corrected chi connectivity index (χ4v) is 2.52. The van der Waals surface area contributed by atoms with Crippen molar-refractivity contribution >= 4 is 11.6 Å². The van der Waals surface area contributed by atoms with Crippen molar-refractivity contribution in [1.82, 2.24) is 10.3 Å². The molecule has 0 fully saturated rings. The van der Waals surface area contributed by atoms with Crippen LogP contribution >= 0.6 is 0 Å². The first-order chi connectivity index (χ1) is 12.8. The van der Waals surface area contributed by atoms with E-state index < -0.39 is 0 Å². The molecule has 3 aromatic rings. The Balaban J connectivity index is 1.64. The Bertz CT molecular complexity index is 812. The van der Waals surface area contributed by atoms with Crippen molar-refractivity contribution in [2.45, 2.75) is 19.9 Å². The van der Waals surface area contributed by atoms with Gasteiger partial charge in [0, 0.05) is 30.5 Å². The number of anilines is 1. The molecule has 0 radical (unpaired) electrons. The third-order valence-corrected chi connectivity index (χ3v) is 3.98. The summed E-state index contributed by atoms with van der Waals surface area (Å²) in [6.45, 7) is 3.49.